The molecule has 0 radical (unpaired) electrons. The standard InChI is InChI=1S/C23H19N5O3/c1-27-14-20(16-5-3-2-4-6-16)31-21-19(22(27)29)13-25-23(26-21)30-18-9-7-17(8-10-18)28-12-11-24-15-28/h2-13,15,20H,14H2,1H3. The van der Waals surface area contributed by atoms with Gasteiger partial charge in [0, 0.05) is 25.1 Å². The van der Waals surface area contributed by atoms with Crippen LogP contribution in [0.5, 0.6) is 17.6 Å². The molecular weight excluding hydrogens is 394 g/mol. The summed E-state index contributed by atoms with van der Waals surface area (Å²) in [6, 6.07) is 17.3. The Hall–Kier alpha value is -4.20. The molecule has 31 heavy (non-hydrogen) atoms. The van der Waals surface area contributed by atoms with Crippen LogP contribution in [0.4, 0.5) is 0 Å². The van der Waals surface area contributed by atoms with E-state index in [2.05, 4.69) is 15.0 Å². The predicted molar refractivity (Wildman–Crippen MR) is 112 cm³/mol. The average Bonchev–Trinajstić information content (AvgIpc) is 3.31. The summed E-state index contributed by atoms with van der Waals surface area (Å²) in [5, 5.41) is 0. The molecule has 0 aliphatic carbocycles. The van der Waals surface area contributed by atoms with Crippen LogP contribution in [0.15, 0.2) is 79.5 Å². The Balaban J connectivity index is 1.41. The van der Waals surface area contributed by atoms with E-state index >= 15 is 0 Å². The first-order valence-electron chi connectivity index (χ1n) is 9.78. The summed E-state index contributed by atoms with van der Waals surface area (Å²) < 4.78 is 13.8. The van der Waals surface area contributed by atoms with E-state index in [0.717, 1.165) is 11.3 Å². The number of imidazole rings is 1. The highest BCUT2D eigenvalue weighted by Crippen LogP contribution is 2.31. The zero-order valence-corrected chi connectivity index (χ0v) is 16.8. The highest BCUT2D eigenvalue weighted by atomic mass is 16.5. The average molecular weight is 413 g/mol. The van der Waals surface area contributed by atoms with Gasteiger partial charge < -0.3 is 18.9 Å². The number of rotatable bonds is 4. The summed E-state index contributed by atoms with van der Waals surface area (Å²) in [7, 11) is 1.74. The van der Waals surface area contributed by atoms with Crippen molar-refractivity contribution in [1.29, 1.82) is 0 Å². The van der Waals surface area contributed by atoms with Crippen molar-refractivity contribution in [3.05, 3.63) is 90.6 Å². The van der Waals surface area contributed by atoms with Gasteiger partial charge in [-0.25, -0.2) is 9.97 Å². The van der Waals surface area contributed by atoms with Gasteiger partial charge in [-0.3, -0.25) is 4.79 Å². The number of amides is 1. The third-order valence-corrected chi connectivity index (χ3v) is 5.02. The molecule has 0 N–H and O–H groups in total. The Morgan fingerprint density at radius 3 is 2.65 bits per heavy atom. The monoisotopic (exact) mass is 413 g/mol. The number of hydrogen-bond acceptors (Lipinski definition) is 6. The van der Waals surface area contributed by atoms with Gasteiger partial charge in [-0.1, -0.05) is 30.3 Å². The molecule has 8 nitrogen and oxygen atoms in total. The van der Waals surface area contributed by atoms with E-state index in [0.29, 0.717) is 17.9 Å². The van der Waals surface area contributed by atoms with Crippen LogP contribution in [0.3, 0.4) is 0 Å². The van der Waals surface area contributed by atoms with Crippen LogP contribution < -0.4 is 9.47 Å². The second kappa shape index (κ2) is 7.91. The van der Waals surface area contributed by atoms with Crippen molar-refractivity contribution < 1.29 is 14.3 Å². The highest BCUT2D eigenvalue weighted by Gasteiger charge is 2.29. The van der Waals surface area contributed by atoms with Crippen LogP contribution in [-0.2, 0) is 0 Å². The minimum atomic E-state index is -0.339. The predicted octanol–water partition coefficient (Wildman–Crippen LogP) is 3.66. The first kappa shape index (κ1) is 18.8. The maximum atomic E-state index is 12.8. The van der Waals surface area contributed by atoms with Crippen LogP contribution in [0.1, 0.15) is 22.0 Å². The first-order chi connectivity index (χ1) is 15.2. The van der Waals surface area contributed by atoms with Gasteiger partial charge in [0.05, 0.1) is 19.1 Å². The summed E-state index contributed by atoms with van der Waals surface area (Å²) in [5.74, 6) is 0.591. The second-order valence-corrected chi connectivity index (χ2v) is 7.14. The fourth-order valence-corrected chi connectivity index (χ4v) is 3.39. The molecule has 1 unspecified atom stereocenters. The second-order valence-electron chi connectivity index (χ2n) is 7.14. The summed E-state index contributed by atoms with van der Waals surface area (Å²) in [6.45, 7) is 0.408. The molecular formula is C23H19N5O3. The van der Waals surface area contributed by atoms with E-state index in [1.807, 2.05) is 65.4 Å². The molecule has 0 saturated carbocycles. The topological polar surface area (TPSA) is 82.4 Å². The maximum Gasteiger partial charge on any atom is 0.325 e. The van der Waals surface area contributed by atoms with Gasteiger partial charge >= 0.3 is 6.01 Å². The maximum absolute atomic E-state index is 12.8. The van der Waals surface area contributed by atoms with E-state index in [-0.39, 0.29) is 23.9 Å². The van der Waals surface area contributed by atoms with Crippen LogP contribution in [0, 0.1) is 0 Å². The van der Waals surface area contributed by atoms with Crippen molar-refractivity contribution in [2.75, 3.05) is 13.6 Å². The minimum Gasteiger partial charge on any atom is -0.467 e. The fraction of sp³-hybridized carbons (Fsp3) is 0.130. The molecule has 1 atom stereocenters. The van der Waals surface area contributed by atoms with Crippen molar-refractivity contribution in [3.63, 3.8) is 0 Å². The first-order valence-corrected chi connectivity index (χ1v) is 9.78. The van der Waals surface area contributed by atoms with Crippen LogP contribution in [-0.4, -0.2) is 43.9 Å². The molecule has 1 aliphatic heterocycles. The number of carbonyl (C=O) groups excluding carboxylic acids is 1. The Morgan fingerprint density at radius 2 is 1.90 bits per heavy atom. The molecule has 0 fully saturated rings. The SMILES string of the molecule is CN1CC(c2ccccc2)Oc2nc(Oc3ccc(-n4ccnc4)cc3)ncc2C1=O. The Bertz CT molecular complexity index is 1190. The largest absolute Gasteiger partial charge is 0.467 e. The molecule has 4 aromatic rings. The van der Waals surface area contributed by atoms with Crippen molar-refractivity contribution in [2.45, 2.75) is 6.10 Å². The van der Waals surface area contributed by atoms with Gasteiger partial charge in [0.1, 0.15) is 17.4 Å². The van der Waals surface area contributed by atoms with Crippen molar-refractivity contribution in [1.82, 2.24) is 24.4 Å². The zero-order valence-electron chi connectivity index (χ0n) is 16.8. The van der Waals surface area contributed by atoms with Gasteiger partial charge in [0.25, 0.3) is 5.91 Å². The third-order valence-electron chi connectivity index (χ3n) is 5.02. The number of benzene rings is 2. The van der Waals surface area contributed by atoms with E-state index in [4.69, 9.17) is 9.47 Å². The zero-order chi connectivity index (χ0) is 21.2. The fourth-order valence-electron chi connectivity index (χ4n) is 3.39. The van der Waals surface area contributed by atoms with Crippen molar-refractivity contribution in [2.24, 2.45) is 0 Å². The molecule has 0 bridgehead atoms. The number of ether oxygens (including phenoxy) is 2. The number of nitrogens with zero attached hydrogens (tertiary/aromatic N) is 5. The normalized spacial score (nSPS) is 15.7. The number of carbonyl (C=O) groups is 1. The Morgan fingerprint density at radius 1 is 1.10 bits per heavy atom. The number of likely N-dealkylation sites (N-methyl/N-ethyl adjacent to an activating group) is 1. The van der Waals surface area contributed by atoms with E-state index < -0.39 is 0 Å². The van der Waals surface area contributed by atoms with E-state index in [9.17, 15) is 4.79 Å². The molecule has 5 rings (SSSR count). The highest BCUT2D eigenvalue weighted by molar-refractivity contribution is 5.96. The van der Waals surface area contributed by atoms with Gasteiger partial charge in [-0.05, 0) is 29.8 Å². The summed E-state index contributed by atoms with van der Waals surface area (Å²) in [6.07, 6.45) is 6.41. The van der Waals surface area contributed by atoms with Crippen LogP contribution in [0.25, 0.3) is 5.69 Å². The van der Waals surface area contributed by atoms with Crippen LogP contribution >= 0.6 is 0 Å². The number of aromatic nitrogens is 4. The summed E-state index contributed by atoms with van der Waals surface area (Å²) in [5.41, 5.74) is 2.23. The molecule has 2 aromatic heterocycles. The van der Waals surface area contributed by atoms with Gasteiger partial charge in [0.2, 0.25) is 5.88 Å². The molecule has 3 heterocycles. The van der Waals surface area contributed by atoms with E-state index in [1.54, 1.807) is 24.5 Å². The minimum absolute atomic E-state index is 0.110. The quantitative estimate of drug-likeness (QED) is 0.508. The molecule has 8 heteroatoms. The molecule has 1 amide bonds. The van der Waals surface area contributed by atoms with Gasteiger partial charge in [-0.15, -0.1) is 0 Å². The number of hydrogen-bond donors (Lipinski definition) is 0. The lowest BCUT2D eigenvalue weighted by Crippen LogP contribution is -2.29. The Labute approximate surface area is 178 Å². The van der Waals surface area contributed by atoms with E-state index in [1.165, 1.54) is 6.20 Å². The Kier molecular flexibility index (Phi) is 4.80. The lowest BCUT2D eigenvalue weighted by molar-refractivity contribution is 0.0760. The summed E-state index contributed by atoms with van der Waals surface area (Å²) in [4.78, 5) is 27.0. The number of fused-ring (bicyclic) bond motifs is 1. The molecule has 2 aromatic carbocycles. The van der Waals surface area contributed by atoms with Crippen molar-refractivity contribution in [3.8, 4) is 23.3 Å². The van der Waals surface area contributed by atoms with Crippen LogP contribution in [0.2, 0.25) is 0 Å². The molecule has 154 valence electrons. The van der Waals surface area contributed by atoms with Gasteiger partial charge in [0.15, 0.2) is 0 Å². The summed E-state index contributed by atoms with van der Waals surface area (Å²) >= 11 is 0. The lowest BCUT2D eigenvalue weighted by Gasteiger charge is -2.20. The molecule has 0 spiro atoms. The molecule has 1 aliphatic rings. The molecule has 0 saturated heterocycles. The lowest BCUT2D eigenvalue weighted by atomic mass is 10.1. The van der Waals surface area contributed by atoms with Crippen molar-refractivity contribution >= 4 is 5.91 Å². The smallest absolute Gasteiger partial charge is 0.325 e. The third kappa shape index (κ3) is 3.83. The van der Waals surface area contributed by atoms with Gasteiger partial charge in [-0.2, -0.15) is 4.98 Å².